The Kier molecular flexibility index (Phi) is 7.27. The van der Waals surface area contributed by atoms with E-state index < -0.39 is 11.8 Å². The molecule has 0 heterocycles. The molecule has 0 spiro atoms. The number of anilines is 1. The molecular formula is C20H22N4O4. The summed E-state index contributed by atoms with van der Waals surface area (Å²) >= 11 is 0. The summed E-state index contributed by atoms with van der Waals surface area (Å²) in [4.78, 5) is 34.6. The molecule has 28 heavy (non-hydrogen) atoms. The fourth-order valence-corrected chi connectivity index (χ4v) is 2.43. The number of para-hydroxylation sites is 1. The van der Waals surface area contributed by atoms with Crippen molar-refractivity contribution in [3.63, 3.8) is 0 Å². The molecule has 0 atom stereocenters. The molecule has 146 valence electrons. The molecule has 0 radical (unpaired) electrons. The highest BCUT2D eigenvalue weighted by Gasteiger charge is 2.10. The number of rotatable bonds is 6. The van der Waals surface area contributed by atoms with Crippen LogP contribution in [0.1, 0.15) is 16.7 Å². The molecule has 8 heteroatoms. The third-order valence-corrected chi connectivity index (χ3v) is 3.59. The third-order valence-electron chi connectivity index (χ3n) is 3.59. The lowest BCUT2D eigenvalue weighted by atomic mass is 10.1. The number of carbonyl (C=O) groups excluding carboxylic acids is 3. The van der Waals surface area contributed by atoms with Gasteiger partial charge in [0.15, 0.2) is 6.61 Å². The Labute approximate surface area is 163 Å². The van der Waals surface area contributed by atoms with Crippen LogP contribution in [0.5, 0.6) is 5.75 Å². The van der Waals surface area contributed by atoms with E-state index in [0.29, 0.717) is 17.0 Å². The molecule has 0 aliphatic heterocycles. The van der Waals surface area contributed by atoms with Crippen molar-refractivity contribution in [2.45, 2.75) is 13.8 Å². The number of amides is 3. The lowest BCUT2D eigenvalue weighted by Crippen LogP contribution is -2.35. The van der Waals surface area contributed by atoms with Gasteiger partial charge in [-0.15, -0.1) is 0 Å². The highest BCUT2D eigenvalue weighted by atomic mass is 16.5. The summed E-state index contributed by atoms with van der Waals surface area (Å²) in [6.45, 7) is 3.72. The molecule has 0 aliphatic rings. The molecule has 2 aromatic rings. The number of benzene rings is 2. The fourth-order valence-electron chi connectivity index (χ4n) is 2.43. The second-order valence-electron chi connectivity index (χ2n) is 6.03. The lowest BCUT2D eigenvalue weighted by Gasteiger charge is -2.10. The lowest BCUT2D eigenvalue weighted by molar-refractivity contribution is -0.138. The Morgan fingerprint density at radius 1 is 1.04 bits per heavy atom. The summed E-state index contributed by atoms with van der Waals surface area (Å²) in [6, 6.07) is 12.6. The number of aryl methyl sites for hydroxylation is 2. The number of carbonyl (C=O) groups is 3. The van der Waals surface area contributed by atoms with E-state index in [9.17, 15) is 14.4 Å². The van der Waals surface area contributed by atoms with Gasteiger partial charge >= 0.3 is 11.8 Å². The van der Waals surface area contributed by atoms with Crippen LogP contribution in [0.25, 0.3) is 0 Å². The van der Waals surface area contributed by atoms with Crippen molar-refractivity contribution < 1.29 is 19.1 Å². The molecule has 0 aromatic heterocycles. The monoisotopic (exact) mass is 382 g/mol. The maximum absolute atomic E-state index is 12.2. The maximum atomic E-state index is 12.2. The first-order chi connectivity index (χ1) is 13.4. The third kappa shape index (κ3) is 6.24. The van der Waals surface area contributed by atoms with Crippen molar-refractivity contribution in [2.24, 2.45) is 5.10 Å². The number of hydrogen-bond donors (Lipinski definition) is 3. The van der Waals surface area contributed by atoms with Crippen LogP contribution in [-0.2, 0) is 14.4 Å². The molecule has 0 unspecified atom stereocenters. The molecule has 3 amide bonds. The Morgan fingerprint density at radius 3 is 2.39 bits per heavy atom. The van der Waals surface area contributed by atoms with Gasteiger partial charge in [-0.3, -0.25) is 14.4 Å². The summed E-state index contributed by atoms with van der Waals surface area (Å²) in [7, 11) is 1.35. The van der Waals surface area contributed by atoms with E-state index in [4.69, 9.17) is 4.74 Å². The molecule has 0 fully saturated rings. The topological polar surface area (TPSA) is 109 Å². The van der Waals surface area contributed by atoms with Crippen LogP contribution in [0.4, 0.5) is 5.69 Å². The first-order valence-corrected chi connectivity index (χ1v) is 8.54. The van der Waals surface area contributed by atoms with Crippen molar-refractivity contribution >= 4 is 29.6 Å². The van der Waals surface area contributed by atoms with E-state index in [-0.39, 0.29) is 12.5 Å². The Bertz CT molecular complexity index is 889. The van der Waals surface area contributed by atoms with Crippen LogP contribution >= 0.6 is 0 Å². The Hall–Kier alpha value is -3.68. The van der Waals surface area contributed by atoms with Gasteiger partial charge in [0.1, 0.15) is 5.75 Å². The molecule has 2 rings (SSSR count). The van der Waals surface area contributed by atoms with Crippen molar-refractivity contribution in [2.75, 3.05) is 19.0 Å². The zero-order valence-electron chi connectivity index (χ0n) is 15.9. The molecule has 2 aromatic carbocycles. The highest BCUT2D eigenvalue weighted by Crippen LogP contribution is 2.17. The molecular weight excluding hydrogens is 360 g/mol. The smallest absolute Gasteiger partial charge is 0.329 e. The summed E-state index contributed by atoms with van der Waals surface area (Å²) in [5.74, 6) is -1.57. The van der Waals surface area contributed by atoms with Crippen LogP contribution < -0.4 is 20.8 Å². The van der Waals surface area contributed by atoms with Crippen molar-refractivity contribution in [1.82, 2.24) is 10.7 Å². The summed E-state index contributed by atoms with van der Waals surface area (Å²) in [6.07, 6.45) is 1.33. The summed E-state index contributed by atoms with van der Waals surface area (Å²) in [5.41, 5.74) is 5.45. The first-order valence-electron chi connectivity index (χ1n) is 8.54. The average Bonchev–Trinajstić information content (AvgIpc) is 2.65. The zero-order chi connectivity index (χ0) is 20.5. The summed E-state index contributed by atoms with van der Waals surface area (Å²) < 4.78 is 5.56. The van der Waals surface area contributed by atoms with Crippen molar-refractivity contribution in [3.05, 3.63) is 59.2 Å². The number of likely N-dealkylation sites (N-methyl/N-ethyl adjacent to an activating group) is 1. The van der Waals surface area contributed by atoms with E-state index in [1.54, 1.807) is 24.3 Å². The van der Waals surface area contributed by atoms with Gasteiger partial charge in [0.2, 0.25) is 0 Å². The minimum absolute atomic E-state index is 0.192. The molecule has 0 saturated carbocycles. The normalized spacial score (nSPS) is 10.4. The van der Waals surface area contributed by atoms with Gasteiger partial charge in [0.25, 0.3) is 5.91 Å². The van der Waals surface area contributed by atoms with E-state index in [2.05, 4.69) is 21.2 Å². The Balaban J connectivity index is 1.96. The highest BCUT2D eigenvalue weighted by molar-refractivity contribution is 6.35. The van der Waals surface area contributed by atoms with Gasteiger partial charge in [0.05, 0.1) is 6.21 Å². The van der Waals surface area contributed by atoms with Crippen molar-refractivity contribution in [3.8, 4) is 5.75 Å². The first kappa shape index (κ1) is 20.6. The number of hydrogen-bond acceptors (Lipinski definition) is 5. The minimum Gasteiger partial charge on any atom is -0.483 e. The van der Waals surface area contributed by atoms with Crippen LogP contribution in [0.2, 0.25) is 0 Å². The predicted octanol–water partition coefficient (Wildman–Crippen LogP) is 1.52. The van der Waals surface area contributed by atoms with Gasteiger partial charge in [-0.2, -0.15) is 5.10 Å². The molecule has 0 saturated heterocycles. The van der Waals surface area contributed by atoms with E-state index in [1.165, 1.54) is 13.3 Å². The second kappa shape index (κ2) is 9.86. The van der Waals surface area contributed by atoms with Gasteiger partial charge < -0.3 is 15.4 Å². The summed E-state index contributed by atoms with van der Waals surface area (Å²) in [5, 5.41) is 8.70. The molecule has 0 bridgehead atoms. The maximum Gasteiger partial charge on any atom is 0.329 e. The average molecular weight is 382 g/mol. The van der Waals surface area contributed by atoms with Crippen molar-refractivity contribution in [1.29, 1.82) is 0 Å². The molecule has 3 N–H and O–H groups in total. The number of hydrazone groups is 1. The number of ether oxygens (including phenoxy) is 1. The van der Waals surface area contributed by atoms with Gasteiger partial charge in [-0.1, -0.05) is 18.2 Å². The largest absolute Gasteiger partial charge is 0.483 e. The van der Waals surface area contributed by atoms with Crippen LogP contribution in [0.3, 0.4) is 0 Å². The fraction of sp³-hybridized carbons (Fsp3) is 0.200. The minimum atomic E-state index is -0.884. The standard InChI is InChI=1S/C20H22N4O4/c1-13-8-14(2)10-16(9-13)23-18(25)12-28-17-7-5-4-6-15(17)11-22-24-20(27)19(26)21-3/h4-11H,12H2,1-3H3,(H,21,26)(H,23,25)(H,24,27)/b22-11-. The quantitative estimate of drug-likeness (QED) is 0.400. The number of nitrogens with zero attached hydrogens (tertiary/aromatic N) is 1. The van der Waals surface area contributed by atoms with Crippen LogP contribution in [-0.4, -0.2) is 37.6 Å². The van der Waals surface area contributed by atoms with Gasteiger partial charge in [0, 0.05) is 18.3 Å². The van der Waals surface area contributed by atoms with Crippen LogP contribution in [0, 0.1) is 13.8 Å². The molecule has 0 aliphatic carbocycles. The predicted molar refractivity (Wildman–Crippen MR) is 106 cm³/mol. The second-order valence-corrected chi connectivity index (χ2v) is 6.03. The SMILES string of the molecule is CNC(=O)C(=O)N/N=C\c1ccccc1OCC(=O)Nc1cc(C)cc(C)c1. The zero-order valence-corrected chi connectivity index (χ0v) is 15.9. The van der Waals surface area contributed by atoms with Crippen LogP contribution in [0.15, 0.2) is 47.6 Å². The number of nitrogens with one attached hydrogen (secondary N) is 3. The van der Waals surface area contributed by atoms with E-state index in [0.717, 1.165) is 11.1 Å². The van der Waals surface area contributed by atoms with E-state index >= 15 is 0 Å². The van der Waals surface area contributed by atoms with Gasteiger partial charge in [-0.05, 0) is 49.2 Å². The Morgan fingerprint density at radius 2 is 1.71 bits per heavy atom. The van der Waals surface area contributed by atoms with Gasteiger partial charge in [-0.25, -0.2) is 5.43 Å². The van der Waals surface area contributed by atoms with E-state index in [1.807, 2.05) is 32.0 Å². The molecule has 8 nitrogen and oxygen atoms in total.